The first-order chi connectivity index (χ1) is 14.2. The summed E-state index contributed by atoms with van der Waals surface area (Å²) in [5, 5.41) is 7.28. The summed E-state index contributed by atoms with van der Waals surface area (Å²) in [7, 11) is 0. The molecule has 3 rings (SSSR count). The van der Waals surface area contributed by atoms with E-state index >= 15 is 0 Å². The Morgan fingerprint density at radius 1 is 1.17 bits per heavy atom. The Morgan fingerprint density at radius 2 is 1.87 bits per heavy atom. The van der Waals surface area contributed by atoms with Crippen LogP contribution in [0.2, 0.25) is 0 Å². The standard InChI is InChI=1S/C24H35N3O3/c1-16(13-19-15-25-21-8-6-5-7-20(19)21)27-22(28)18-11-9-17(10-12-18)14-26-23(29)30-24(2,3)4/h5-8,15-18,25H,9-14H2,1-4H3,(H,26,29)(H,27,28)/t16-,17?,18?/m1/s1. The molecule has 1 fully saturated rings. The molecular weight excluding hydrogens is 378 g/mol. The second kappa shape index (κ2) is 9.54. The third kappa shape index (κ3) is 6.25. The monoisotopic (exact) mass is 413 g/mol. The summed E-state index contributed by atoms with van der Waals surface area (Å²) < 4.78 is 5.29. The molecule has 0 radical (unpaired) electrons. The van der Waals surface area contributed by atoms with E-state index < -0.39 is 5.60 Å². The second-order valence-electron chi connectivity index (χ2n) is 9.57. The molecule has 1 heterocycles. The number of alkyl carbamates (subject to hydrolysis) is 1. The van der Waals surface area contributed by atoms with E-state index in [1.54, 1.807) is 0 Å². The lowest BCUT2D eigenvalue weighted by Crippen LogP contribution is -2.41. The van der Waals surface area contributed by atoms with Crippen molar-refractivity contribution in [2.45, 2.75) is 71.4 Å². The van der Waals surface area contributed by atoms with E-state index in [2.05, 4.69) is 34.7 Å². The summed E-state index contributed by atoms with van der Waals surface area (Å²) in [6.45, 7) is 8.25. The first-order valence-corrected chi connectivity index (χ1v) is 11.0. The smallest absolute Gasteiger partial charge is 0.407 e. The first kappa shape index (κ1) is 22.2. The van der Waals surface area contributed by atoms with E-state index in [4.69, 9.17) is 4.74 Å². The number of para-hydroxylation sites is 1. The van der Waals surface area contributed by atoms with Crippen LogP contribution in [0.4, 0.5) is 4.79 Å². The predicted octanol–water partition coefficient (Wildman–Crippen LogP) is 4.55. The number of carbonyl (C=O) groups excluding carboxylic acids is 2. The number of ether oxygens (including phenoxy) is 1. The number of H-pyrrole nitrogens is 1. The Hall–Kier alpha value is -2.50. The zero-order chi connectivity index (χ0) is 21.7. The largest absolute Gasteiger partial charge is 0.444 e. The van der Waals surface area contributed by atoms with Crippen LogP contribution in [-0.2, 0) is 16.0 Å². The van der Waals surface area contributed by atoms with Crippen LogP contribution in [0.3, 0.4) is 0 Å². The number of amides is 2. The Labute approximate surface area is 179 Å². The summed E-state index contributed by atoms with van der Waals surface area (Å²) in [5.41, 5.74) is 1.88. The van der Waals surface area contributed by atoms with Gasteiger partial charge in [0.15, 0.2) is 0 Å². The molecule has 2 amide bonds. The van der Waals surface area contributed by atoms with Gasteiger partial charge in [0.05, 0.1) is 0 Å². The van der Waals surface area contributed by atoms with Crippen molar-refractivity contribution in [3.05, 3.63) is 36.0 Å². The van der Waals surface area contributed by atoms with Crippen LogP contribution in [0, 0.1) is 11.8 Å². The highest BCUT2D eigenvalue weighted by molar-refractivity contribution is 5.83. The molecule has 1 aromatic heterocycles. The maximum absolute atomic E-state index is 12.7. The van der Waals surface area contributed by atoms with Gasteiger partial charge in [0.2, 0.25) is 5.91 Å². The minimum atomic E-state index is -0.483. The summed E-state index contributed by atoms with van der Waals surface area (Å²) in [6, 6.07) is 8.33. The van der Waals surface area contributed by atoms with Gasteiger partial charge in [-0.15, -0.1) is 0 Å². The van der Waals surface area contributed by atoms with Crippen molar-refractivity contribution >= 4 is 22.9 Å². The van der Waals surface area contributed by atoms with Gasteiger partial charge in [-0.3, -0.25) is 4.79 Å². The predicted molar refractivity (Wildman–Crippen MR) is 119 cm³/mol. The lowest BCUT2D eigenvalue weighted by Gasteiger charge is -2.29. The van der Waals surface area contributed by atoms with E-state index in [-0.39, 0.29) is 24.0 Å². The lowest BCUT2D eigenvalue weighted by atomic mass is 9.81. The number of fused-ring (bicyclic) bond motifs is 1. The Bertz CT molecular complexity index is 860. The van der Waals surface area contributed by atoms with Crippen LogP contribution in [0.1, 0.15) is 58.9 Å². The second-order valence-corrected chi connectivity index (χ2v) is 9.57. The number of nitrogens with one attached hydrogen (secondary N) is 3. The molecule has 1 saturated carbocycles. The van der Waals surface area contributed by atoms with Gasteiger partial charge < -0.3 is 20.4 Å². The van der Waals surface area contributed by atoms with E-state index in [9.17, 15) is 9.59 Å². The minimum Gasteiger partial charge on any atom is -0.444 e. The van der Waals surface area contributed by atoms with Crippen LogP contribution in [0.15, 0.2) is 30.5 Å². The van der Waals surface area contributed by atoms with E-state index in [1.165, 1.54) is 10.9 Å². The van der Waals surface area contributed by atoms with Gasteiger partial charge in [0.25, 0.3) is 0 Å². The molecule has 3 N–H and O–H groups in total. The molecule has 2 aromatic rings. The third-order valence-corrected chi connectivity index (χ3v) is 5.74. The fourth-order valence-electron chi connectivity index (χ4n) is 4.21. The van der Waals surface area contributed by atoms with Crippen LogP contribution >= 0.6 is 0 Å². The van der Waals surface area contributed by atoms with Crippen molar-refractivity contribution < 1.29 is 14.3 Å². The number of carbonyl (C=O) groups is 2. The maximum atomic E-state index is 12.7. The van der Waals surface area contributed by atoms with Crippen LogP contribution in [-0.4, -0.2) is 35.2 Å². The molecule has 1 atom stereocenters. The molecule has 6 nitrogen and oxygen atoms in total. The SMILES string of the molecule is C[C@H](Cc1c[nH]c2ccccc12)NC(=O)C1CCC(CNC(=O)OC(C)(C)C)CC1. The highest BCUT2D eigenvalue weighted by Crippen LogP contribution is 2.29. The first-order valence-electron chi connectivity index (χ1n) is 11.0. The number of hydrogen-bond donors (Lipinski definition) is 3. The van der Waals surface area contributed by atoms with Crippen molar-refractivity contribution in [2.24, 2.45) is 11.8 Å². The zero-order valence-electron chi connectivity index (χ0n) is 18.6. The average Bonchev–Trinajstić information content (AvgIpc) is 3.08. The van der Waals surface area contributed by atoms with Gasteiger partial charge in [0.1, 0.15) is 5.60 Å². The van der Waals surface area contributed by atoms with E-state index in [0.29, 0.717) is 12.5 Å². The summed E-state index contributed by atoms with van der Waals surface area (Å²) >= 11 is 0. The summed E-state index contributed by atoms with van der Waals surface area (Å²) in [5.74, 6) is 0.624. The fourth-order valence-corrected chi connectivity index (χ4v) is 4.21. The number of hydrogen-bond acceptors (Lipinski definition) is 3. The molecule has 164 valence electrons. The molecule has 0 spiro atoms. The van der Waals surface area contributed by atoms with Crippen molar-refractivity contribution in [3.63, 3.8) is 0 Å². The van der Waals surface area contributed by atoms with Crippen molar-refractivity contribution in [2.75, 3.05) is 6.54 Å². The van der Waals surface area contributed by atoms with Gasteiger partial charge >= 0.3 is 6.09 Å². The summed E-state index contributed by atoms with van der Waals surface area (Å²) in [6.07, 6.45) is 6.11. The molecule has 0 unspecified atom stereocenters. The molecule has 1 aliphatic carbocycles. The van der Waals surface area contributed by atoms with Gasteiger partial charge in [0, 0.05) is 35.6 Å². The quantitative estimate of drug-likeness (QED) is 0.650. The van der Waals surface area contributed by atoms with Crippen LogP contribution in [0.5, 0.6) is 0 Å². The van der Waals surface area contributed by atoms with E-state index in [0.717, 1.165) is 37.6 Å². The molecular formula is C24H35N3O3. The van der Waals surface area contributed by atoms with Gasteiger partial charge in [-0.2, -0.15) is 0 Å². The topological polar surface area (TPSA) is 83.2 Å². The van der Waals surface area contributed by atoms with Gasteiger partial charge in [-0.25, -0.2) is 4.79 Å². The molecule has 0 bridgehead atoms. The third-order valence-electron chi connectivity index (χ3n) is 5.74. The maximum Gasteiger partial charge on any atom is 0.407 e. The van der Waals surface area contributed by atoms with Gasteiger partial charge in [-0.05, 0) is 77.3 Å². The summed E-state index contributed by atoms with van der Waals surface area (Å²) in [4.78, 5) is 27.8. The number of benzene rings is 1. The number of rotatable bonds is 6. The minimum absolute atomic E-state index is 0.0631. The molecule has 0 saturated heterocycles. The highest BCUT2D eigenvalue weighted by atomic mass is 16.6. The fraction of sp³-hybridized carbons (Fsp3) is 0.583. The van der Waals surface area contributed by atoms with Crippen molar-refractivity contribution in [3.8, 4) is 0 Å². The molecule has 6 heteroatoms. The molecule has 30 heavy (non-hydrogen) atoms. The number of aromatic nitrogens is 1. The van der Waals surface area contributed by atoms with E-state index in [1.807, 2.05) is 39.1 Å². The number of aromatic amines is 1. The van der Waals surface area contributed by atoms with Crippen molar-refractivity contribution in [1.82, 2.24) is 15.6 Å². The van der Waals surface area contributed by atoms with Gasteiger partial charge in [-0.1, -0.05) is 18.2 Å². The Kier molecular flexibility index (Phi) is 7.06. The van der Waals surface area contributed by atoms with Crippen molar-refractivity contribution in [1.29, 1.82) is 0 Å². The van der Waals surface area contributed by atoms with Crippen LogP contribution in [0.25, 0.3) is 10.9 Å². The normalized spacial score (nSPS) is 20.5. The lowest BCUT2D eigenvalue weighted by molar-refractivity contribution is -0.126. The Balaban J connectivity index is 1.40. The molecule has 1 aromatic carbocycles. The molecule has 0 aliphatic heterocycles. The average molecular weight is 414 g/mol. The zero-order valence-corrected chi connectivity index (χ0v) is 18.6. The molecule has 1 aliphatic rings. The Morgan fingerprint density at radius 3 is 2.57 bits per heavy atom. The van der Waals surface area contributed by atoms with Crippen LogP contribution < -0.4 is 10.6 Å². The highest BCUT2D eigenvalue weighted by Gasteiger charge is 2.27.